The van der Waals surface area contributed by atoms with Crippen molar-refractivity contribution >= 4 is 22.8 Å². The molecule has 0 spiro atoms. The molecule has 0 amide bonds. The first-order chi connectivity index (χ1) is 8.65. The van der Waals surface area contributed by atoms with Gasteiger partial charge in [-0.2, -0.15) is 5.10 Å². The summed E-state index contributed by atoms with van der Waals surface area (Å²) in [4.78, 5) is 5.68. The fourth-order valence-corrected chi connectivity index (χ4v) is 2.62. The fourth-order valence-electron chi connectivity index (χ4n) is 1.82. The van der Waals surface area contributed by atoms with Crippen LogP contribution in [0.3, 0.4) is 0 Å². The minimum atomic E-state index is 0.692. The molecule has 0 aliphatic rings. The van der Waals surface area contributed by atoms with Crippen LogP contribution in [0.5, 0.6) is 0 Å². The summed E-state index contributed by atoms with van der Waals surface area (Å²) in [5, 5.41) is 8.76. The second-order valence-electron chi connectivity index (χ2n) is 4.11. The molecule has 2 aromatic rings. The Morgan fingerprint density at radius 3 is 2.72 bits per heavy atom. The molecule has 0 saturated heterocycles. The van der Waals surface area contributed by atoms with Crippen LogP contribution < -0.4 is 11.1 Å². The van der Waals surface area contributed by atoms with Crippen LogP contribution in [0.1, 0.15) is 29.4 Å². The normalized spacial score (nSPS) is 10.8. The van der Waals surface area contributed by atoms with E-state index in [-0.39, 0.29) is 0 Å². The summed E-state index contributed by atoms with van der Waals surface area (Å²) in [5.74, 6) is 0.875. The molecule has 6 heteroatoms. The first-order valence-electron chi connectivity index (χ1n) is 6.14. The Bertz CT molecular complexity index is 529. The van der Waals surface area contributed by atoms with Gasteiger partial charge in [-0.1, -0.05) is 13.8 Å². The van der Waals surface area contributed by atoms with E-state index in [9.17, 15) is 0 Å². The Morgan fingerprint density at radius 1 is 1.39 bits per heavy atom. The zero-order valence-corrected chi connectivity index (χ0v) is 11.8. The molecule has 0 saturated carbocycles. The summed E-state index contributed by atoms with van der Waals surface area (Å²) in [6, 6.07) is 0. The molecule has 0 unspecified atom stereocenters. The van der Waals surface area contributed by atoms with Gasteiger partial charge in [-0.05, 0) is 12.8 Å². The Labute approximate surface area is 111 Å². The molecule has 18 heavy (non-hydrogen) atoms. The van der Waals surface area contributed by atoms with E-state index in [2.05, 4.69) is 29.2 Å². The van der Waals surface area contributed by atoms with Gasteiger partial charge in [-0.25, -0.2) is 4.98 Å². The molecular weight excluding hydrogens is 246 g/mol. The van der Waals surface area contributed by atoms with Gasteiger partial charge in [0.2, 0.25) is 0 Å². The van der Waals surface area contributed by atoms with Crippen molar-refractivity contribution in [3.8, 4) is 0 Å². The number of nitrogens with zero attached hydrogens (tertiary/aromatic N) is 3. The van der Waals surface area contributed by atoms with Gasteiger partial charge < -0.3 is 11.1 Å². The van der Waals surface area contributed by atoms with Crippen LogP contribution in [-0.4, -0.2) is 14.8 Å². The number of nitrogen functional groups attached to an aromatic ring is 1. The van der Waals surface area contributed by atoms with E-state index < -0.39 is 0 Å². The zero-order chi connectivity index (χ0) is 13.1. The number of aromatic nitrogens is 3. The van der Waals surface area contributed by atoms with Gasteiger partial charge in [0.15, 0.2) is 0 Å². The molecule has 3 N–H and O–H groups in total. The highest BCUT2D eigenvalue weighted by atomic mass is 32.1. The van der Waals surface area contributed by atoms with Crippen LogP contribution in [0.4, 0.5) is 11.5 Å². The topological polar surface area (TPSA) is 68.8 Å². The molecule has 2 heterocycles. The van der Waals surface area contributed by atoms with Crippen LogP contribution in [0.2, 0.25) is 0 Å². The lowest BCUT2D eigenvalue weighted by molar-refractivity contribution is 0.747. The van der Waals surface area contributed by atoms with Crippen LogP contribution in [-0.2, 0) is 26.4 Å². The third-order valence-electron chi connectivity index (χ3n) is 2.85. The van der Waals surface area contributed by atoms with Crippen LogP contribution in [0, 0.1) is 0 Å². The second-order valence-corrected chi connectivity index (χ2v) is 5.31. The number of thiazole rings is 1. The van der Waals surface area contributed by atoms with E-state index in [1.165, 1.54) is 4.88 Å². The Balaban J connectivity index is 2.08. The number of nitrogens with two attached hydrogens (primary N) is 1. The van der Waals surface area contributed by atoms with Crippen LogP contribution in [0.25, 0.3) is 0 Å². The summed E-state index contributed by atoms with van der Waals surface area (Å²) < 4.78 is 1.79. The highest BCUT2D eigenvalue weighted by molar-refractivity contribution is 7.11. The van der Waals surface area contributed by atoms with Crippen molar-refractivity contribution < 1.29 is 0 Å². The van der Waals surface area contributed by atoms with Gasteiger partial charge in [0.05, 0.1) is 17.9 Å². The first kappa shape index (κ1) is 12.9. The van der Waals surface area contributed by atoms with E-state index in [1.54, 1.807) is 16.0 Å². The van der Waals surface area contributed by atoms with Crippen molar-refractivity contribution in [1.82, 2.24) is 14.8 Å². The number of aryl methyl sites for hydroxylation is 3. The van der Waals surface area contributed by atoms with Crippen molar-refractivity contribution in [1.29, 1.82) is 0 Å². The molecule has 0 aromatic carbocycles. The molecule has 0 aliphatic heterocycles. The van der Waals surface area contributed by atoms with Crippen molar-refractivity contribution in [2.75, 3.05) is 11.1 Å². The molecule has 2 rings (SSSR count). The third kappa shape index (κ3) is 2.48. The molecule has 0 bridgehead atoms. The zero-order valence-electron chi connectivity index (χ0n) is 11.0. The molecule has 0 fully saturated rings. The quantitative estimate of drug-likeness (QED) is 0.869. The van der Waals surface area contributed by atoms with E-state index in [0.29, 0.717) is 6.54 Å². The van der Waals surface area contributed by atoms with Gasteiger partial charge >= 0.3 is 0 Å². The molecule has 0 radical (unpaired) electrons. The molecule has 2 aromatic heterocycles. The minimum Gasteiger partial charge on any atom is -0.394 e. The van der Waals surface area contributed by atoms with Gasteiger partial charge in [0.25, 0.3) is 0 Å². The largest absolute Gasteiger partial charge is 0.394 e. The van der Waals surface area contributed by atoms with Gasteiger partial charge in [-0.15, -0.1) is 11.3 Å². The standard InChI is InChI=1S/C12H19N5S/c1-4-8-6-14-10(18-8)7-15-12-11(13)9(5-2)16-17(12)3/h6,15H,4-5,7,13H2,1-3H3. The lowest BCUT2D eigenvalue weighted by Gasteiger charge is -2.05. The smallest absolute Gasteiger partial charge is 0.148 e. The van der Waals surface area contributed by atoms with E-state index >= 15 is 0 Å². The predicted octanol–water partition coefficient (Wildman–Crippen LogP) is 2.20. The Morgan fingerprint density at radius 2 is 2.17 bits per heavy atom. The number of rotatable bonds is 5. The molecule has 0 atom stereocenters. The third-order valence-corrected chi connectivity index (χ3v) is 3.99. The van der Waals surface area contributed by atoms with E-state index in [1.807, 2.05) is 13.2 Å². The monoisotopic (exact) mass is 265 g/mol. The summed E-state index contributed by atoms with van der Waals surface area (Å²) >= 11 is 1.73. The minimum absolute atomic E-state index is 0.692. The van der Waals surface area contributed by atoms with Crippen LogP contribution in [0.15, 0.2) is 6.20 Å². The van der Waals surface area contributed by atoms with Crippen molar-refractivity contribution in [2.45, 2.75) is 33.2 Å². The molecule has 0 aliphatic carbocycles. The number of anilines is 2. The van der Waals surface area contributed by atoms with Gasteiger partial charge in [-0.3, -0.25) is 4.68 Å². The van der Waals surface area contributed by atoms with Crippen molar-refractivity contribution in [3.05, 3.63) is 21.8 Å². The summed E-state index contributed by atoms with van der Waals surface area (Å²) in [6.45, 7) is 4.88. The average molecular weight is 265 g/mol. The predicted molar refractivity (Wildman–Crippen MR) is 75.8 cm³/mol. The maximum absolute atomic E-state index is 6.05. The van der Waals surface area contributed by atoms with E-state index in [0.717, 1.165) is 35.0 Å². The second kappa shape index (κ2) is 5.39. The SMILES string of the molecule is CCc1cnc(CNc2c(N)c(CC)nn2C)s1. The lowest BCUT2D eigenvalue weighted by atomic mass is 10.3. The maximum atomic E-state index is 6.05. The molecular formula is C12H19N5S. The van der Waals surface area contributed by atoms with Gasteiger partial charge in [0, 0.05) is 18.1 Å². The highest BCUT2D eigenvalue weighted by Gasteiger charge is 2.11. The number of hydrogen-bond donors (Lipinski definition) is 2. The number of hydrogen-bond acceptors (Lipinski definition) is 5. The molecule has 98 valence electrons. The maximum Gasteiger partial charge on any atom is 0.148 e. The first-order valence-corrected chi connectivity index (χ1v) is 6.96. The van der Waals surface area contributed by atoms with Gasteiger partial charge in [0.1, 0.15) is 10.8 Å². The average Bonchev–Trinajstić information content (AvgIpc) is 2.93. The summed E-state index contributed by atoms with van der Waals surface area (Å²) in [7, 11) is 1.90. The van der Waals surface area contributed by atoms with Crippen molar-refractivity contribution in [2.24, 2.45) is 7.05 Å². The lowest BCUT2D eigenvalue weighted by Crippen LogP contribution is -2.06. The fraction of sp³-hybridized carbons (Fsp3) is 0.500. The highest BCUT2D eigenvalue weighted by Crippen LogP contribution is 2.23. The summed E-state index contributed by atoms with van der Waals surface area (Å²) in [5.41, 5.74) is 7.73. The Hall–Kier alpha value is -1.56. The summed E-state index contributed by atoms with van der Waals surface area (Å²) in [6.07, 6.45) is 3.82. The number of nitrogens with one attached hydrogen (secondary N) is 1. The Kier molecular flexibility index (Phi) is 3.86. The van der Waals surface area contributed by atoms with E-state index in [4.69, 9.17) is 5.73 Å². The molecule has 5 nitrogen and oxygen atoms in total. The van der Waals surface area contributed by atoms with Crippen LogP contribution >= 0.6 is 11.3 Å². The van der Waals surface area contributed by atoms with Crippen molar-refractivity contribution in [3.63, 3.8) is 0 Å².